The van der Waals surface area contributed by atoms with Gasteiger partial charge in [-0.15, -0.1) is 0 Å². The average Bonchev–Trinajstić information content (AvgIpc) is 3.19. The SMILES string of the molecule is CCCCC[C@H](OCc1ccccc1)[C@H]1CO1. The minimum Gasteiger partial charge on any atom is -0.371 e. The Bertz CT molecular complexity index is 306. The van der Waals surface area contributed by atoms with Gasteiger partial charge in [0.25, 0.3) is 0 Å². The second kappa shape index (κ2) is 6.77. The minimum atomic E-state index is 0.293. The number of epoxide rings is 1. The summed E-state index contributed by atoms with van der Waals surface area (Å²) in [5.74, 6) is 0. The van der Waals surface area contributed by atoms with E-state index in [1.54, 1.807) is 0 Å². The Hall–Kier alpha value is -0.860. The van der Waals surface area contributed by atoms with E-state index in [9.17, 15) is 0 Å². The fraction of sp³-hybridized carbons (Fsp3) is 0.600. The van der Waals surface area contributed by atoms with Crippen molar-refractivity contribution in [3.63, 3.8) is 0 Å². The van der Waals surface area contributed by atoms with Crippen LogP contribution >= 0.6 is 0 Å². The lowest BCUT2D eigenvalue weighted by Gasteiger charge is -2.15. The number of unbranched alkanes of at least 4 members (excludes halogenated alkanes) is 2. The number of ether oxygens (including phenoxy) is 2. The molecule has 2 nitrogen and oxygen atoms in total. The topological polar surface area (TPSA) is 21.8 Å². The van der Waals surface area contributed by atoms with E-state index in [2.05, 4.69) is 31.2 Å². The maximum Gasteiger partial charge on any atom is 0.107 e. The summed E-state index contributed by atoms with van der Waals surface area (Å²) in [6.07, 6.45) is 5.58. The lowest BCUT2D eigenvalue weighted by molar-refractivity contribution is 0.0149. The quantitative estimate of drug-likeness (QED) is 0.507. The molecule has 1 heterocycles. The zero-order valence-corrected chi connectivity index (χ0v) is 10.6. The van der Waals surface area contributed by atoms with Crippen molar-refractivity contribution in [2.45, 2.75) is 51.4 Å². The van der Waals surface area contributed by atoms with E-state index in [0.717, 1.165) is 13.0 Å². The van der Waals surface area contributed by atoms with Gasteiger partial charge in [-0.1, -0.05) is 56.5 Å². The van der Waals surface area contributed by atoms with Crippen LogP contribution in [0.25, 0.3) is 0 Å². The first-order valence-electron chi connectivity index (χ1n) is 6.67. The molecule has 1 aliphatic rings. The van der Waals surface area contributed by atoms with E-state index in [0.29, 0.717) is 18.8 Å². The Balaban J connectivity index is 1.73. The van der Waals surface area contributed by atoms with Crippen molar-refractivity contribution in [1.82, 2.24) is 0 Å². The Morgan fingerprint density at radius 2 is 2.06 bits per heavy atom. The van der Waals surface area contributed by atoms with Gasteiger partial charge >= 0.3 is 0 Å². The molecule has 17 heavy (non-hydrogen) atoms. The number of hydrogen-bond donors (Lipinski definition) is 0. The molecule has 94 valence electrons. The molecule has 0 radical (unpaired) electrons. The molecule has 1 fully saturated rings. The Labute approximate surface area is 104 Å². The molecule has 1 aromatic carbocycles. The number of benzene rings is 1. The van der Waals surface area contributed by atoms with Crippen molar-refractivity contribution in [3.05, 3.63) is 35.9 Å². The van der Waals surface area contributed by atoms with Crippen LogP contribution in [0.4, 0.5) is 0 Å². The number of hydrogen-bond acceptors (Lipinski definition) is 2. The van der Waals surface area contributed by atoms with Crippen LogP contribution in [-0.4, -0.2) is 18.8 Å². The van der Waals surface area contributed by atoms with Crippen molar-refractivity contribution in [2.75, 3.05) is 6.61 Å². The minimum absolute atomic E-state index is 0.293. The van der Waals surface area contributed by atoms with Crippen molar-refractivity contribution >= 4 is 0 Å². The Kier molecular flexibility index (Phi) is 5.02. The van der Waals surface area contributed by atoms with Gasteiger partial charge in [-0.25, -0.2) is 0 Å². The summed E-state index contributed by atoms with van der Waals surface area (Å²) in [4.78, 5) is 0. The van der Waals surface area contributed by atoms with Crippen LogP contribution in [-0.2, 0) is 16.1 Å². The smallest absolute Gasteiger partial charge is 0.107 e. The molecule has 2 atom stereocenters. The summed E-state index contributed by atoms with van der Waals surface area (Å²) < 4.78 is 11.3. The fourth-order valence-corrected chi connectivity index (χ4v) is 2.02. The summed E-state index contributed by atoms with van der Waals surface area (Å²) in [7, 11) is 0. The van der Waals surface area contributed by atoms with E-state index < -0.39 is 0 Å². The maximum absolute atomic E-state index is 5.97. The van der Waals surface area contributed by atoms with Crippen LogP contribution in [0.15, 0.2) is 30.3 Å². The molecule has 1 aliphatic heterocycles. The Morgan fingerprint density at radius 1 is 1.29 bits per heavy atom. The highest BCUT2D eigenvalue weighted by Gasteiger charge is 2.32. The zero-order chi connectivity index (χ0) is 11.9. The monoisotopic (exact) mass is 234 g/mol. The third kappa shape index (κ3) is 4.49. The highest BCUT2D eigenvalue weighted by molar-refractivity contribution is 5.13. The van der Waals surface area contributed by atoms with Crippen LogP contribution in [0.1, 0.15) is 38.2 Å². The standard InChI is InChI=1S/C15H22O2/c1-2-3-5-10-14(15-12-17-15)16-11-13-8-6-4-7-9-13/h4,6-9,14-15H,2-3,5,10-12H2,1H3/t14-,15+/m0/s1. The van der Waals surface area contributed by atoms with Gasteiger partial charge in [0.05, 0.1) is 19.3 Å². The van der Waals surface area contributed by atoms with Crippen molar-refractivity contribution in [2.24, 2.45) is 0 Å². The molecule has 0 amide bonds. The predicted molar refractivity (Wildman–Crippen MR) is 68.9 cm³/mol. The lowest BCUT2D eigenvalue weighted by Crippen LogP contribution is -2.19. The molecule has 0 N–H and O–H groups in total. The van der Waals surface area contributed by atoms with Crippen LogP contribution < -0.4 is 0 Å². The molecule has 0 saturated carbocycles. The molecule has 0 bridgehead atoms. The summed E-state index contributed by atoms with van der Waals surface area (Å²) in [5, 5.41) is 0. The third-order valence-corrected chi connectivity index (χ3v) is 3.17. The summed E-state index contributed by atoms with van der Waals surface area (Å²) >= 11 is 0. The lowest BCUT2D eigenvalue weighted by atomic mass is 10.1. The highest BCUT2D eigenvalue weighted by Crippen LogP contribution is 2.23. The van der Waals surface area contributed by atoms with Crippen LogP contribution in [0, 0.1) is 0 Å². The molecule has 1 saturated heterocycles. The largest absolute Gasteiger partial charge is 0.371 e. The van der Waals surface area contributed by atoms with Gasteiger partial charge in [0, 0.05) is 0 Å². The fourth-order valence-electron chi connectivity index (χ4n) is 2.02. The molecular weight excluding hydrogens is 212 g/mol. The van der Waals surface area contributed by atoms with Crippen molar-refractivity contribution < 1.29 is 9.47 Å². The summed E-state index contributed by atoms with van der Waals surface area (Å²) in [5.41, 5.74) is 1.24. The second-order valence-corrected chi connectivity index (χ2v) is 4.70. The average molecular weight is 234 g/mol. The second-order valence-electron chi connectivity index (χ2n) is 4.70. The summed E-state index contributed by atoms with van der Waals surface area (Å²) in [6, 6.07) is 10.4. The van der Waals surface area contributed by atoms with E-state index in [-0.39, 0.29) is 0 Å². The van der Waals surface area contributed by atoms with E-state index in [4.69, 9.17) is 9.47 Å². The van der Waals surface area contributed by atoms with Crippen LogP contribution in [0.2, 0.25) is 0 Å². The van der Waals surface area contributed by atoms with Gasteiger partial charge in [0.1, 0.15) is 6.10 Å². The first kappa shape index (κ1) is 12.6. The van der Waals surface area contributed by atoms with Crippen LogP contribution in [0.3, 0.4) is 0 Å². The van der Waals surface area contributed by atoms with Crippen LogP contribution in [0.5, 0.6) is 0 Å². The zero-order valence-electron chi connectivity index (χ0n) is 10.6. The molecule has 0 aromatic heterocycles. The van der Waals surface area contributed by atoms with Gasteiger partial charge in [-0.05, 0) is 12.0 Å². The molecule has 0 unspecified atom stereocenters. The van der Waals surface area contributed by atoms with E-state index in [1.807, 2.05) is 6.07 Å². The van der Waals surface area contributed by atoms with E-state index in [1.165, 1.54) is 24.8 Å². The van der Waals surface area contributed by atoms with Crippen molar-refractivity contribution in [1.29, 1.82) is 0 Å². The molecule has 0 spiro atoms. The number of rotatable bonds is 8. The van der Waals surface area contributed by atoms with Gasteiger partial charge in [-0.2, -0.15) is 0 Å². The third-order valence-electron chi connectivity index (χ3n) is 3.17. The normalized spacial score (nSPS) is 20.2. The molecular formula is C15H22O2. The van der Waals surface area contributed by atoms with E-state index >= 15 is 0 Å². The van der Waals surface area contributed by atoms with Crippen molar-refractivity contribution in [3.8, 4) is 0 Å². The highest BCUT2D eigenvalue weighted by atomic mass is 16.6. The summed E-state index contributed by atoms with van der Waals surface area (Å²) in [6.45, 7) is 3.82. The van der Waals surface area contributed by atoms with Gasteiger partial charge < -0.3 is 9.47 Å². The Morgan fingerprint density at radius 3 is 2.71 bits per heavy atom. The molecule has 0 aliphatic carbocycles. The molecule has 2 rings (SSSR count). The first-order valence-corrected chi connectivity index (χ1v) is 6.67. The van der Waals surface area contributed by atoms with Gasteiger partial charge in [0.2, 0.25) is 0 Å². The van der Waals surface area contributed by atoms with Gasteiger partial charge in [-0.3, -0.25) is 0 Å². The maximum atomic E-state index is 5.97. The predicted octanol–water partition coefficient (Wildman–Crippen LogP) is 3.55. The first-order chi connectivity index (χ1) is 8.40. The van der Waals surface area contributed by atoms with Gasteiger partial charge in [0.15, 0.2) is 0 Å². The molecule has 1 aromatic rings. The molecule has 2 heteroatoms.